The highest BCUT2D eigenvalue weighted by atomic mass is 32.2. The summed E-state index contributed by atoms with van der Waals surface area (Å²) in [6.45, 7) is 1.89. The third-order valence-electron chi connectivity index (χ3n) is 1.89. The third kappa shape index (κ3) is 3.22. The first-order chi connectivity index (χ1) is 7.06. The predicted octanol–water partition coefficient (Wildman–Crippen LogP) is 1.85. The van der Waals surface area contributed by atoms with Gasteiger partial charge in [0.05, 0.1) is 16.7 Å². The van der Waals surface area contributed by atoms with Gasteiger partial charge in [0.1, 0.15) is 0 Å². The molecular formula is C11H11NO2S. The molecule has 0 fully saturated rings. The average molecular weight is 221 g/mol. The van der Waals surface area contributed by atoms with E-state index in [0.29, 0.717) is 0 Å². The predicted molar refractivity (Wildman–Crippen MR) is 58.0 cm³/mol. The molecule has 0 aliphatic rings. The zero-order chi connectivity index (χ0) is 11.3. The van der Waals surface area contributed by atoms with Crippen molar-refractivity contribution in [3.8, 4) is 6.07 Å². The molecule has 0 unspecified atom stereocenters. The molecule has 1 aromatic rings. The number of hydrogen-bond acceptors (Lipinski definition) is 3. The van der Waals surface area contributed by atoms with E-state index in [1.807, 2.05) is 6.92 Å². The molecule has 0 aromatic heterocycles. The molecule has 0 N–H and O–H groups in total. The first-order valence-corrected chi connectivity index (χ1v) is 6.05. The van der Waals surface area contributed by atoms with Crippen LogP contribution < -0.4 is 0 Å². The lowest BCUT2D eigenvalue weighted by Gasteiger charge is -2.01. The number of nitriles is 1. The lowest BCUT2D eigenvalue weighted by molar-refractivity contribution is 0.599. The summed E-state index contributed by atoms with van der Waals surface area (Å²) in [5, 5.41) is 8.24. The van der Waals surface area contributed by atoms with Gasteiger partial charge in [-0.2, -0.15) is 5.26 Å². The monoisotopic (exact) mass is 221 g/mol. The van der Waals surface area contributed by atoms with E-state index < -0.39 is 9.84 Å². The Morgan fingerprint density at radius 3 is 2.47 bits per heavy atom. The SMILES string of the molecule is Cc1ccc(S(=O)(=O)C/C=C/C#N)cc1. The normalized spacial score (nSPS) is 11.5. The third-order valence-corrected chi connectivity index (χ3v) is 3.51. The van der Waals surface area contributed by atoms with E-state index in [1.165, 1.54) is 12.2 Å². The van der Waals surface area contributed by atoms with Crippen LogP contribution in [0.2, 0.25) is 0 Å². The van der Waals surface area contributed by atoms with Crippen molar-refractivity contribution >= 4 is 9.84 Å². The quantitative estimate of drug-likeness (QED) is 0.732. The molecule has 15 heavy (non-hydrogen) atoms. The largest absolute Gasteiger partial charge is 0.223 e. The van der Waals surface area contributed by atoms with Gasteiger partial charge < -0.3 is 0 Å². The summed E-state index contributed by atoms with van der Waals surface area (Å²) in [6, 6.07) is 8.41. The van der Waals surface area contributed by atoms with Gasteiger partial charge in [-0.1, -0.05) is 23.8 Å². The van der Waals surface area contributed by atoms with Crippen LogP contribution in [0.15, 0.2) is 41.3 Å². The number of sulfone groups is 1. The summed E-state index contributed by atoms with van der Waals surface area (Å²) in [4.78, 5) is 0.288. The average Bonchev–Trinajstić information content (AvgIpc) is 2.18. The molecular weight excluding hydrogens is 210 g/mol. The minimum atomic E-state index is -3.29. The van der Waals surface area contributed by atoms with Crippen molar-refractivity contribution in [3.05, 3.63) is 42.0 Å². The minimum absolute atomic E-state index is 0.135. The number of hydrogen-bond donors (Lipinski definition) is 0. The lowest BCUT2D eigenvalue weighted by Crippen LogP contribution is -2.04. The minimum Gasteiger partial charge on any atom is -0.223 e. The van der Waals surface area contributed by atoms with E-state index in [0.717, 1.165) is 5.56 Å². The molecule has 1 aromatic carbocycles. The van der Waals surface area contributed by atoms with E-state index in [1.54, 1.807) is 30.3 Å². The Hall–Kier alpha value is -1.60. The summed E-state index contributed by atoms with van der Waals surface area (Å²) in [6.07, 6.45) is 2.51. The van der Waals surface area contributed by atoms with Crippen LogP contribution in [0.4, 0.5) is 0 Å². The van der Waals surface area contributed by atoms with Crippen molar-refractivity contribution in [3.63, 3.8) is 0 Å². The van der Waals surface area contributed by atoms with Crippen LogP contribution in [0.1, 0.15) is 5.56 Å². The Labute approximate surface area is 89.6 Å². The molecule has 0 radical (unpaired) electrons. The van der Waals surface area contributed by atoms with Gasteiger partial charge in [0.25, 0.3) is 0 Å². The topological polar surface area (TPSA) is 57.9 Å². The first kappa shape index (κ1) is 11.5. The van der Waals surface area contributed by atoms with Crippen molar-refractivity contribution in [2.24, 2.45) is 0 Å². The summed E-state index contributed by atoms with van der Waals surface area (Å²) < 4.78 is 23.3. The van der Waals surface area contributed by atoms with Gasteiger partial charge in [-0.3, -0.25) is 0 Å². The number of allylic oxidation sites excluding steroid dienone is 1. The molecule has 0 bridgehead atoms. The Morgan fingerprint density at radius 1 is 1.33 bits per heavy atom. The van der Waals surface area contributed by atoms with Gasteiger partial charge in [0.15, 0.2) is 9.84 Å². The second kappa shape index (κ2) is 4.76. The Morgan fingerprint density at radius 2 is 1.93 bits per heavy atom. The van der Waals surface area contributed by atoms with Crippen molar-refractivity contribution in [2.75, 3.05) is 5.75 Å². The van der Waals surface area contributed by atoms with E-state index in [9.17, 15) is 8.42 Å². The molecule has 4 heteroatoms. The van der Waals surface area contributed by atoms with Gasteiger partial charge in [0.2, 0.25) is 0 Å². The maximum Gasteiger partial charge on any atom is 0.181 e. The van der Waals surface area contributed by atoms with Crippen LogP contribution in [0.5, 0.6) is 0 Å². The number of nitrogens with zero attached hydrogens (tertiary/aromatic N) is 1. The van der Waals surface area contributed by atoms with Gasteiger partial charge in [0, 0.05) is 6.08 Å². The zero-order valence-corrected chi connectivity index (χ0v) is 9.16. The van der Waals surface area contributed by atoms with Crippen LogP contribution in [-0.4, -0.2) is 14.2 Å². The van der Waals surface area contributed by atoms with Gasteiger partial charge >= 0.3 is 0 Å². The second-order valence-corrected chi connectivity index (χ2v) is 5.16. The number of rotatable bonds is 3. The van der Waals surface area contributed by atoms with Crippen LogP contribution in [0.3, 0.4) is 0 Å². The van der Waals surface area contributed by atoms with Crippen LogP contribution in [0, 0.1) is 18.3 Å². The molecule has 0 amide bonds. The fourth-order valence-electron chi connectivity index (χ4n) is 1.07. The lowest BCUT2D eigenvalue weighted by atomic mass is 10.2. The maximum absolute atomic E-state index is 11.7. The molecule has 0 heterocycles. The summed E-state index contributed by atoms with van der Waals surface area (Å²) in [7, 11) is -3.29. The second-order valence-electron chi connectivity index (χ2n) is 3.13. The molecule has 0 saturated heterocycles. The van der Waals surface area contributed by atoms with Crippen molar-refractivity contribution in [1.82, 2.24) is 0 Å². The van der Waals surface area contributed by atoms with Gasteiger partial charge in [-0.15, -0.1) is 0 Å². The Balaban J connectivity index is 2.93. The standard InChI is InChI=1S/C11H11NO2S/c1-10-4-6-11(7-5-10)15(13,14)9-3-2-8-12/h2-7H,9H2,1H3/b3-2+. The highest BCUT2D eigenvalue weighted by Gasteiger charge is 2.11. The van der Waals surface area contributed by atoms with Crippen LogP contribution >= 0.6 is 0 Å². The fourth-order valence-corrected chi connectivity index (χ4v) is 2.16. The fraction of sp³-hybridized carbons (Fsp3) is 0.182. The summed E-state index contributed by atoms with van der Waals surface area (Å²) in [5.74, 6) is -0.135. The molecule has 0 saturated carbocycles. The zero-order valence-electron chi connectivity index (χ0n) is 8.34. The van der Waals surface area contributed by atoms with Crippen molar-refractivity contribution in [1.29, 1.82) is 5.26 Å². The van der Waals surface area contributed by atoms with Crippen LogP contribution in [-0.2, 0) is 9.84 Å². The van der Waals surface area contributed by atoms with E-state index in [4.69, 9.17) is 5.26 Å². The highest BCUT2D eigenvalue weighted by Crippen LogP contribution is 2.12. The Bertz CT molecular complexity index is 492. The Kier molecular flexibility index (Phi) is 3.64. The van der Waals surface area contributed by atoms with E-state index in [2.05, 4.69) is 0 Å². The first-order valence-electron chi connectivity index (χ1n) is 4.40. The van der Waals surface area contributed by atoms with Gasteiger partial charge in [-0.25, -0.2) is 8.42 Å². The molecule has 1 rings (SSSR count). The summed E-state index contributed by atoms with van der Waals surface area (Å²) in [5.41, 5.74) is 1.02. The summed E-state index contributed by atoms with van der Waals surface area (Å²) >= 11 is 0. The van der Waals surface area contributed by atoms with Crippen molar-refractivity contribution < 1.29 is 8.42 Å². The molecule has 0 atom stereocenters. The molecule has 0 spiro atoms. The molecule has 0 aliphatic heterocycles. The molecule has 78 valence electrons. The number of aryl methyl sites for hydroxylation is 1. The molecule has 0 aliphatic carbocycles. The van der Waals surface area contributed by atoms with E-state index >= 15 is 0 Å². The van der Waals surface area contributed by atoms with Crippen molar-refractivity contribution in [2.45, 2.75) is 11.8 Å². The van der Waals surface area contributed by atoms with Gasteiger partial charge in [-0.05, 0) is 19.1 Å². The highest BCUT2D eigenvalue weighted by molar-refractivity contribution is 7.91. The van der Waals surface area contributed by atoms with E-state index in [-0.39, 0.29) is 10.6 Å². The van der Waals surface area contributed by atoms with Crippen LogP contribution in [0.25, 0.3) is 0 Å². The molecule has 3 nitrogen and oxygen atoms in total. The smallest absolute Gasteiger partial charge is 0.181 e. The maximum atomic E-state index is 11.7. The number of benzene rings is 1.